The Bertz CT molecular complexity index is 546. The number of carbonyl (C=O) groups excluding carboxylic acids is 1. The van der Waals surface area contributed by atoms with E-state index in [0.29, 0.717) is 49.5 Å². The van der Waals surface area contributed by atoms with Crippen LogP contribution in [0, 0.1) is 18.8 Å². The Labute approximate surface area is 152 Å². The Balaban J connectivity index is 3.05. The summed E-state index contributed by atoms with van der Waals surface area (Å²) in [6.07, 6.45) is 3.01. The van der Waals surface area contributed by atoms with Gasteiger partial charge in [-0.2, -0.15) is 0 Å². The second-order valence-electron chi connectivity index (χ2n) is 7.36. The molecule has 0 aliphatic heterocycles. The van der Waals surface area contributed by atoms with Crippen LogP contribution in [0.3, 0.4) is 0 Å². The topological polar surface area (TPSA) is 60.5 Å². The summed E-state index contributed by atoms with van der Waals surface area (Å²) in [6, 6.07) is 1.89. The van der Waals surface area contributed by atoms with Gasteiger partial charge in [0.15, 0.2) is 0 Å². The van der Waals surface area contributed by atoms with Crippen LogP contribution in [0.2, 0.25) is 0 Å². The number of hydrogen-bond acceptors (Lipinski definition) is 4. The molecule has 0 aromatic carbocycles. The monoisotopic (exact) mass is 350 g/mol. The van der Waals surface area contributed by atoms with Crippen LogP contribution in [-0.2, 0) is 9.53 Å². The molecule has 0 aliphatic rings. The SMILES string of the molecule is CCOc1ncc(NC(=O)C(CC(C)C)(CC(C)C)OCC)cc1C. The summed E-state index contributed by atoms with van der Waals surface area (Å²) >= 11 is 0. The Kier molecular flexibility index (Phi) is 8.36. The molecule has 1 heterocycles. The van der Waals surface area contributed by atoms with Crippen LogP contribution in [0.15, 0.2) is 12.3 Å². The Morgan fingerprint density at radius 3 is 2.20 bits per heavy atom. The van der Waals surface area contributed by atoms with Gasteiger partial charge in [-0.25, -0.2) is 4.98 Å². The Morgan fingerprint density at radius 1 is 1.16 bits per heavy atom. The van der Waals surface area contributed by atoms with Gasteiger partial charge < -0.3 is 14.8 Å². The van der Waals surface area contributed by atoms with Crippen LogP contribution in [0.25, 0.3) is 0 Å². The van der Waals surface area contributed by atoms with E-state index in [2.05, 4.69) is 38.0 Å². The van der Waals surface area contributed by atoms with Gasteiger partial charge in [0.1, 0.15) is 5.60 Å². The number of carbonyl (C=O) groups is 1. The summed E-state index contributed by atoms with van der Waals surface area (Å²) in [6.45, 7) is 15.3. The summed E-state index contributed by atoms with van der Waals surface area (Å²) in [4.78, 5) is 17.4. The lowest BCUT2D eigenvalue weighted by molar-refractivity contribution is -0.146. The van der Waals surface area contributed by atoms with E-state index >= 15 is 0 Å². The summed E-state index contributed by atoms with van der Waals surface area (Å²) in [5.74, 6) is 1.22. The molecule has 1 aromatic rings. The van der Waals surface area contributed by atoms with Gasteiger partial charge >= 0.3 is 0 Å². The van der Waals surface area contributed by atoms with Crippen LogP contribution < -0.4 is 10.1 Å². The zero-order valence-electron chi connectivity index (χ0n) is 16.8. The third kappa shape index (κ3) is 6.31. The summed E-state index contributed by atoms with van der Waals surface area (Å²) in [7, 11) is 0. The van der Waals surface area contributed by atoms with Crippen molar-refractivity contribution in [3.63, 3.8) is 0 Å². The summed E-state index contributed by atoms with van der Waals surface area (Å²) in [5.41, 5.74) is 0.751. The molecule has 0 saturated carbocycles. The Hall–Kier alpha value is -1.62. The largest absolute Gasteiger partial charge is 0.478 e. The number of pyridine rings is 1. The van der Waals surface area contributed by atoms with Crippen molar-refractivity contribution in [1.82, 2.24) is 4.98 Å². The van der Waals surface area contributed by atoms with Crippen LogP contribution in [0.5, 0.6) is 5.88 Å². The predicted octanol–water partition coefficient (Wildman–Crippen LogP) is 4.59. The minimum absolute atomic E-state index is 0.0953. The highest BCUT2D eigenvalue weighted by Gasteiger charge is 2.40. The lowest BCUT2D eigenvalue weighted by atomic mass is 9.83. The maximum absolute atomic E-state index is 13.1. The van der Waals surface area contributed by atoms with Gasteiger partial charge in [0.2, 0.25) is 5.88 Å². The van der Waals surface area contributed by atoms with Gasteiger partial charge in [-0.15, -0.1) is 0 Å². The summed E-state index contributed by atoms with van der Waals surface area (Å²) in [5, 5.41) is 3.01. The minimum atomic E-state index is -0.816. The molecule has 5 nitrogen and oxygen atoms in total. The lowest BCUT2D eigenvalue weighted by Gasteiger charge is -2.35. The third-order valence-corrected chi connectivity index (χ3v) is 3.88. The van der Waals surface area contributed by atoms with Crippen molar-refractivity contribution in [2.45, 2.75) is 66.9 Å². The molecule has 0 atom stereocenters. The average Bonchev–Trinajstić information content (AvgIpc) is 2.49. The normalized spacial score (nSPS) is 11.9. The zero-order valence-corrected chi connectivity index (χ0v) is 16.8. The molecule has 25 heavy (non-hydrogen) atoms. The molecule has 1 rings (SSSR count). The zero-order chi connectivity index (χ0) is 19.0. The molecule has 0 bridgehead atoms. The summed E-state index contributed by atoms with van der Waals surface area (Å²) < 4.78 is 11.5. The fourth-order valence-corrected chi connectivity index (χ4v) is 3.21. The highest BCUT2D eigenvalue weighted by Crippen LogP contribution is 2.31. The van der Waals surface area contributed by atoms with E-state index in [0.717, 1.165) is 5.56 Å². The van der Waals surface area contributed by atoms with Gasteiger partial charge in [-0.3, -0.25) is 4.79 Å². The molecule has 1 amide bonds. The minimum Gasteiger partial charge on any atom is -0.478 e. The molecule has 0 fully saturated rings. The number of nitrogens with zero attached hydrogens (tertiary/aromatic N) is 1. The highest BCUT2D eigenvalue weighted by atomic mass is 16.5. The first-order valence-electron chi connectivity index (χ1n) is 9.28. The molecule has 0 saturated heterocycles. The van der Waals surface area contributed by atoms with Gasteiger partial charge in [-0.1, -0.05) is 27.7 Å². The molecule has 0 aliphatic carbocycles. The van der Waals surface area contributed by atoms with E-state index in [-0.39, 0.29) is 5.91 Å². The number of aromatic nitrogens is 1. The van der Waals surface area contributed by atoms with Crippen molar-refractivity contribution in [3.05, 3.63) is 17.8 Å². The molecule has 0 unspecified atom stereocenters. The lowest BCUT2D eigenvalue weighted by Crippen LogP contribution is -2.47. The van der Waals surface area contributed by atoms with Crippen molar-refractivity contribution in [2.75, 3.05) is 18.5 Å². The van der Waals surface area contributed by atoms with Crippen molar-refractivity contribution >= 4 is 11.6 Å². The Morgan fingerprint density at radius 2 is 1.76 bits per heavy atom. The third-order valence-electron chi connectivity index (χ3n) is 3.88. The van der Waals surface area contributed by atoms with Crippen LogP contribution in [0.1, 0.15) is 59.9 Å². The van der Waals surface area contributed by atoms with Crippen molar-refractivity contribution < 1.29 is 14.3 Å². The number of amides is 1. The number of anilines is 1. The number of aryl methyl sites for hydroxylation is 1. The van der Waals surface area contributed by atoms with Gasteiger partial charge in [-0.05, 0) is 51.5 Å². The van der Waals surface area contributed by atoms with E-state index < -0.39 is 5.60 Å². The van der Waals surface area contributed by atoms with Crippen molar-refractivity contribution in [2.24, 2.45) is 11.8 Å². The standard InChI is InChI=1S/C20H34N2O3/c1-8-24-18-16(7)10-17(13-21-18)22-19(23)20(25-9-2,11-14(3)4)12-15(5)6/h10,13-15H,8-9,11-12H2,1-7H3,(H,22,23). The van der Waals surface area contributed by atoms with Crippen molar-refractivity contribution in [1.29, 1.82) is 0 Å². The van der Waals surface area contributed by atoms with E-state index in [9.17, 15) is 4.79 Å². The number of rotatable bonds is 10. The fourth-order valence-electron chi connectivity index (χ4n) is 3.21. The molecular formula is C20H34N2O3. The van der Waals surface area contributed by atoms with Crippen molar-refractivity contribution in [3.8, 4) is 5.88 Å². The molecule has 0 spiro atoms. The van der Waals surface area contributed by atoms with Crippen LogP contribution in [-0.4, -0.2) is 29.7 Å². The van der Waals surface area contributed by atoms with E-state index in [4.69, 9.17) is 9.47 Å². The van der Waals surface area contributed by atoms with Crippen LogP contribution >= 0.6 is 0 Å². The maximum atomic E-state index is 13.1. The van der Waals surface area contributed by atoms with Gasteiger partial charge in [0, 0.05) is 12.2 Å². The molecule has 1 aromatic heterocycles. The average molecular weight is 351 g/mol. The number of ether oxygens (including phenoxy) is 2. The molecule has 0 radical (unpaired) electrons. The molecule has 5 heteroatoms. The van der Waals surface area contributed by atoms with E-state index in [1.54, 1.807) is 6.20 Å². The first-order valence-corrected chi connectivity index (χ1v) is 9.28. The van der Waals surface area contributed by atoms with Gasteiger partial charge in [0.05, 0.1) is 18.5 Å². The molecule has 142 valence electrons. The van der Waals surface area contributed by atoms with Crippen LogP contribution in [0.4, 0.5) is 5.69 Å². The van der Waals surface area contributed by atoms with E-state index in [1.165, 1.54) is 0 Å². The molecular weight excluding hydrogens is 316 g/mol. The smallest absolute Gasteiger partial charge is 0.256 e. The number of nitrogens with one attached hydrogen (secondary N) is 1. The first-order chi connectivity index (χ1) is 11.7. The molecule has 1 N–H and O–H groups in total. The predicted molar refractivity (Wildman–Crippen MR) is 102 cm³/mol. The second kappa shape index (κ2) is 9.76. The van der Waals surface area contributed by atoms with Gasteiger partial charge in [0.25, 0.3) is 5.91 Å². The first kappa shape index (κ1) is 21.4. The fraction of sp³-hybridized carbons (Fsp3) is 0.700. The second-order valence-corrected chi connectivity index (χ2v) is 7.36. The number of hydrogen-bond donors (Lipinski definition) is 1. The highest BCUT2D eigenvalue weighted by molar-refractivity contribution is 5.97. The van der Waals surface area contributed by atoms with E-state index in [1.807, 2.05) is 26.8 Å². The quantitative estimate of drug-likeness (QED) is 0.670. The maximum Gasteiger partial charge on any atom is 0.256 e.